The molecule has 1 aromatic heterocycles. The molecule has 1 unspecified atom stereocenters. The molecule has 2 N–H and O–H groups in total. The molecule has 1 fully saturated rings. The number of anilines is 1. The second kappa shape index (κ2) is 6.70. The van der Waals surface area contributed by atoms with Crippen LogP contribution in [0.15, 0.2) is 41.8 Å². The summed E-state index contributed by atoms with van der Waals surface area (Å²) in [6.07, 6.45) is 0. The maximum absolute atomic E-state index is 12.2. The third-order valence-corrected chi connectivity index (χ3v) is 4.50. The average Bonchev–Trinajstić information content (AvgIpc) is 3.22. The van der Waals surface area contributed by atoms with Gasteiger partial charge in [0.1, 0.15) is 11.8 Å². The minimum Gasteiger partial charge on any atom is -0.497 e. The number of amides is 3. The molecule has 3 rings (SSSR count). The minimum absolute atomic E-state index is 0.178. The van der Waals surface area contributed by atoms with Gasteiger partial charge in [-0.1, -0.05) is 6.07 Å². The summed E-state index contributed by atoms with van der Waals surface area (Å²) in [5, 5.41) is 7.52. The van der Waals surface area contributed by atoms with E-state index in [0.29, 0.717) is 13.1 Å². The molecule has 2 heterocycles. The summed E-state index contributed by atoms with van der Waals surface area (Å²) in [4.78, 5) is 26.9. The SMILES string of the molecule is COc1ccc(N2CC(C(=O)NCc3cccs3)NC2=O)cc1. The van der Waals surface area contributed by atoms with Crippen LogP contribution in [-0.2, 0) is 11.3 Å². The first-order chi connectivity index (χ1) is 11.2. The van der Waals surface area contributed by atoms with E-state index in [-0.39, 0.29) is 11.9 Å². The maximum Gasteiger partial charge on any atom is 0.322 e. The number of hydrogen-bond acceptors (Lipinski definition) is 4. The molecule has 3 amide bonds. The van der Waals surface area contributed by atoms with Crippen molar-refractivity contribution in [2.24, 2.45) is 0 Å². The van der Waals surface area contributed by atoms with Crippen molar-refractivity contribution in [1.29, 1.82) is 0 Å². The van der Waals surface area contributed by atoms with E-state index < -0.39 is 6.04 Å². The highest BCUT2D eigenvalue weighted by Crippen LogP contribution is 2.22. The predicted octanol–water partition coefficient (Wildman–Crippen LogP) is 1.97. The standard InChI is InChI=1S/C16H17N3O3S/c1-22-12-6-4-11(5-7-12)19-10-14(18-16(19)21)15(20)17-9-13-3-2-8-23-13/h2-8,14H,9-10H2,1H3,(H,17,20)(H,18,21). The van der Waals surface area contributed by atoms with Crippen LogP contribution in [-0.4, -0.2) is 31.6 Å². The van der Waals surface area contributed by atoms with E-state index in [0.717, 1.165) is 16.3 Å². The molecule has 23 heavy (non-hydrogen) atoms. The summed E-state index contributed by atoms with van der Waals surface area (Å²) in [5.74, 6) is 0.543. The number of methoxy groups -OCH3 is 1. The van der Waals surface area contributed by atoms with Gasteiger partial charge in [0.2, 0.25) is 5.91 Å². The quantitative estimate of drug-likeness (QED) is 0.880. The van der Waals surface area contributed by atoms with Gasteiger partial charge in [-0.2, -0.15) is 0 Å². The zero-order valence-corrected chi connectivity index (χ0v) is 13.4. The Morgan fingerprint density at radius 3 is 2.83 bits per heavy atom. The summed E-state index contributed by atoms with van der Waals surface area (Å²) in [5.41, 5.74) is 0.733. The fourth-order valence-corrected chi connectivity index (χ4v) is 3.03. The third kappa shape index (κ3) is 3.45. The lowest BCUT2D eigenvalue weighted by atomic mass is 10.2. The van der Waals surface area contributed by atoms with E-state index in [4.69, 9.17) is 4.74 Å². The number of hydrogen-bond donors (Lipinski definition) is 2. The van der Waals surface area contributed by atoms with Crippen LogP contribution < -0.4 is 20.3 Å². The van der Waals surface area contributed by atoms with Crippen molar-refractivity contribution >= 4 is 29.0 Å². The number of nitrogens with one attached hydrogen (secondary N) is 2. The van der Waals surface area contributed by atoms with E-state index in [9.17, 15) is 9.59 Å². The lowest BCUT2D eigenvalue weighted by molar-refractivity contribution is -0.122. The number of rotatable bonds is 5. The van der Waals surface area contributed by atoms with Crippen molar-refractivity contribution in [3.63, 3.8) is 0 Å². The Morgan fingerprint density at radius 1 is 1.39 bits per heavy atom. The van der Waals surface area contributed by atoms with Crippen molar-refractivity contribution in [3.8, 4) is 5.75 Å². The van der Waals surface area contributed by atoms with Crippen LogP contribution in [0, 0.1) is 0 Å². The molecule has 0 radical (unpaired) electrons. The Morgan fingerprint density at radius 2 is 2.17 bits per heavy atom. The summed E-state index contributed by atoms with van der Waals surface area (Å²) in [6, 6.07) is 10.2. The Balaban J connectivity index is 1.60. The number of carbonyl (C=O) groups excluding carboxylic acids is 2. The number of urea groups is 1. The highest BCUT2D eigenvalue weighted by molar-refractivity contribution is 7.09. The molecule has 1 aromatic carbocycles. The van der Waals surface area contributed by atoms with E-state index in [1.807, 2.05) is 17.5 Å². The second-order valence-corrected chi connectivity index (χ2v) is 6.14. The lowest BCUT2D eigenvalue weighted by Gasteiger charge is -2.15. The summed E-state index contributed by atoms with van der Waals surface area (Å²) in [6.45, 7) is 0.785. The molecule has 2 aromatic rings. The fraction of sp³-hybridized carbons (Fsp3) is 0.250. The summed E-state index contributed by atoms with van der Waals surface area (Å²) >= 11 is 1.58. The Hall–Kier alpha value is -2.54. The van der Waals surface area contributed by atoms with Gasteiger partial charge in [0, 0.05) is 10.6 Å². The van der Waals surface area contributed by atoms with Gasteiger partial charge < -0.3 is 15.4 Å². The molecule has 0 spiro atoms. The molecule has 7 heteroatoms. The molecule has 1 aliphatic heterocycles. The molecular formula is C16H17N3O3S. The van der Waals surface area contributed by atoms with Gasteiger partial charge in [-0.25, -0.2) is 4.79 Å². The molecule has 1 atom stereocenters. The summed E-state index contributed by atoms with van der Waals surface area (Å²) < 4.78 is 5.10. The van der Waals surface area contributed by atoms with Gasteiger partial charge in [0.15, 0.2) is 0 Å². The largest absolute Gasteiger partial charge is 0.497 e. The van der Waals surface area contributed by atoms with Crippen molar-refractivity contribution in [3.05, 3.63) is 46.7 Å². The monoisotopic (exact) mass is 331 g/mol. The summed E-state index contributed by atoms with van der Waals surface area (Å²) in [7, 11) is 1.59. The van der Waals surface area contributed by atoms with Gasteiger partial charge in [0.05, 0.1) is 20.2 Å². The zero-order chi connectivity index (χ0) is 16.2. The molecule has 1 aliphatic rings. The van der Waals surface area contributed by atoms with E-state index in [1.165, 1.54) is 0 Å². The topological polar surface area (TPSA) is 70.7 Å². The van der Waals surface area contributed by atoms with Gasteiger partial charge in [0.25, 0.3) is 0 Å². The molecule has 0 bridgehead atoms. The molecule has 1 saturated heterocycles. The van der Waals surface area contributed by atoms with Crippen molar-refractivity contribution in [2.75, 3.05) is 18.6 Å². The van der Waals surface area contributed by atoms with Gasteiger partial charge >= 0.3 is 6.03 Å². The van der Waals surface area contributed by atoms with Crippen LogP contribution in [0.25, 0.3) is 0 Å². The molecule has 0 aliphatic carbocycles. The van der Waals surface area contributed by atoms with Crippen LogP contribution in [0.3, 0.4) is 0 Å². The molecule has 6 nitrogen and oxygen atoms in total. The second-order valence-electron chi connectivity index (χ2n) is 5.11. The predicted molar refractivity (Wildman–Crippen MR) is 88.8 cm³/mol. The zero-order valence-electron chi connectivity index (χ0n) is 12.6. The maximum atomic E-state index is 12.2. The first-order valence-electron chi connectivity index (χ1n) is 7.19. The lowest BCUT2D eigenvalue weighted by Crippen LogP contribution is -2.42. The Kier molecular flexibility index (Phi) is 4.47. The Labute approximate surface area is 138 Å². The van der Waals surface area contributed by atoms with Crippen molar-refractivity contribution in [1.82, 2.24) is 10.6 Å². The van der Waals surface area contributed by atoms with Crippen molar-refractivity contribution in [2.45, 2.75) is 12.6 Å². The van der Waals surface area contributed by atoms with Gasteiger partial charge in [-0.15, -0.1) is 11.3 Å². The van der Waals surface area contributed by atoms with Gasteiger partial charge in [-0.3, -0.25) is 9.69 Å². The number of ether oxygens (including phenoxy) is 1. The number of benzene rings is 1. The normalized spacial score (nSPS) is 17.0. The minimum atomic E-state index is -0.551. The van der Waals surface area contributed by atoms with Crippen LogP contribution >= 0.6 is 11.3 Å². The smallest absolute Gasteiger partial charge is 0.322 e. The molecule has 0 saturated carbocycles. The average molecular weight is 331 g/mol. The van der Waals surface area contributed by atoms with Gasteiger partial charge in [-0.05, 0) is 35.7 Å². The Bertz CT molecular complexity index is 685. The fourth-order valence-electron chi connectivity index (χ4n) is 2.38. The third-order valence-electron chi connectivity index (χ3n) is 3.63. The molecular weight excluding hydrogens is 314 g/mol. The highest BCUT2D eigenvalue weighted by atomic mass is 32.1. The van der Waals surface area contributed by atoms with E-state index >= 15 is 0 Å². The van der Waals surface area contributed by atoms with Crippen LogP contribution in [0.5, 0.6) is 5.75 Å². The number of nitrogens with zero attached hydrogens (tertiary/aromatic N) is 1. The van der Waals surface area contributed by atoms with E-state index in [2.05, 4.69) is 10.6 Å². The van der Waals surface area contributed by atoms with Crippen LogP contribution in [0.1, 0.15) is 4.88 Å². The highest BCUT2D eigenvalue weighted by Gasteiger charge is 2.34. The van der Waals surface area contributed by atoms with Crippen LogP contribution in [0.4, 0.5) is 10.5 Å². The van der Waals surface area contributed by atoms with E-state index in [1.54, 1.807) is 47.6 Å². The van der Waals surface area contributed by atoms with Crippen molar-refractivity contribution < 1.29 is 14.3 Å². The first kappa shape index (κ1) is 15.4. The first-order valence-corrected chi connectivity index (χ1v) is 8.07. The number of carbonyl (C=O) groups is 2. The number of thiophene rings is 1. The van der Waals surface area contributed by atoms with Crippen LogP contribution in [0.2, 0.25) is 0 Å². The molecule has 120 valence electrons.